The van der Waals surface area contributed by atoms with Crippen LogP contribution in [0.4, 0.5) is 34.1 Å². The van der Waals surface area contributed by atoms with Crippen LogP contribution in [0.2, 0.25) is 0 Å². The van der Waals surface area contributed by atoms with Crippen LogP contribution in [0.1, 0.15) is 36.8 Å². The molecule has 0 fully saturated rings. The molecule has 0 spiro atoms. The highest BCUT2D eigenvalue weighted by molar-refractivity contribution is 6.23. The third-order valence-corrected chi connectivity index (χ3v) is 9.49. The van der Waals surface area contributed by atoms with Crippen molar-refractivity contribution in [2.24, 2.45) is 0 Å². The molecule has 2 heteroatoms. The molecule has 0 radical (unpaired) electrons. The van der Waals surface area contributed by atoms with Crippen LogP contribution in [-0.2, 0) is 12.8 Å². The van der Waals surface area contributed by atoms with Crippen LogP contribution in [-0.4, -0.2) is 0 Å². The van der Waals surface area contributed by atoms with Crippen molar-refractivity contribution in [2.45, 2.75) is 38.5 Å². The quantitative estimate of drug-likeness (QED) is 0.0501. The molecule has 0 aliphatic carbocycles. The summed E-state index contributed by atoms with van der Waals surface area (Å²) >= 11 is 0. The summed E-state index contributed by atoms with van der Waals surface area (Å²) in [7, 11) is 0. The Morgan fingerprint density at radius 3 is 0.980 bits per heavy atom. The summed E-state index contributed by atoms with van der Waals surface area (Å²) in [6.45, 7) is 7.80. The van der Waals surface area contributed by atoms with E-state index in [2.05, 4.69) is 181 Å². The van der Waals surface area contributed by atoms with E-state index in [1.165, 1.54) is 44.0 Å². The van der Waals surface area contributed by atoms with Gasteiger partial charge >= 0.3 is 0 Å². The normalized spacial score (nSPS) is 11.0. The fourth-order valence-corrected chi connectivity index (χ4v) is 7.06. The molecule has 0 aromatic heterocycles. The molecular formula is C48H44N2. The highest BCUT2D eigenvalue weighted by Gasteiger charge is 2.25. The molecule has 0 N–H and O–H groups in total. The number of hydrogen-bond donors (Lipinski definition) is 0. The molecule has 0 bridgehead atoms. The standard InChI is InChI=1S/C48H44N2/c1-3-5-9-19-37-29-33-41(34-30-37)49(39-21-11-7-12-22-39)47-43-25-15-17-27-45(43)48(46-28-18-16-26-44(46)47)50(40-23-13-8-14-24-40)42-35-31-38(32-36-42)20-10-6-4-2/h3-4,7-8,11-18,21-36H,1-2,5-6,9-10,19-20H2. The largest absolute Gasteiger partial charge is 0.309 e. The lowest BCUT2D eigenvalue weighted by Crippen LogP contribution is -2.14. The lowest BCUT2D eigenvalue weighted by atomic mass is 9.95. The summed E-state index contributed by atoms with van der Waals surface area (Å²) in [5, 5.41) is 4.79. The van der Waals surface area contributed by atoms with E-state index < -0.39 is 0 Å². The maximum absolute atomic E-state index is 3.90. The summed E-state index contributed by atoms with van der Waals surface area (Å²) < 4.78 is 0. The summed E-state index contributed by atoms with van der Waals surface area (Å²) in [5.74, 6) is 0. The molecule has 7 aromatic rings. The van der Waals surface area contributed by atoms with Crippen molar-refractivity contribution in [2.75, 3.05) is 9.80 Å². The molecule has 7 aromatic carbocycles. The minimum absolute atomic E-state index is 1.03. The second-order valence-electron chi connectivity index (χ2n) is 12.8. The lowest BCUT2D eigenvalue weighted by molar-refractivity contribution is 0.844. The number of aryl methyl sites for hydroxylation is 2. The molecule has 50 heavy (non-hydrogen) atoms. The zero-order valence-corrected chi connectivity index (χ0v) is 28.7. The van der Waals surface area contributed by atoms with Crippen LogP contribution < -0.4 is 9.80 Å². The first kappa shape index (κ1) is 32.7. The van der Waals surface area contributed by atoms with Crippen LogP contribution >= 0.6 is 0 Å². The van der Waals surface area contributed by atoms with Crippen LogP contribution in [0.5, 0.6) is 0 Å². The van der Waals surface area contributed by atoms with E-state index in [1.807, 2.05) is 12.2 Å². The molecule has 0 aliphatic rings. The predicted molar refractivity (Wildman–Crippen MR) is 217 cm³/mol. The zero-order valence-electron chi connectivity index (χ0n) is 28.7. The van der Waals surface area contributed by atoms with Crippen molar-refractivity contribution >= 4 is 55.7 Å². The van der Waals surface area contributed by atoms with Gasteiger partial charge < -0.3 is 9.80 Å². The number of hydrogen-bond acceptors (Lipinski definition) is 2. The molecule has 0 amide bonds. The zero-order chi connectivity index (χ0) is 34.1. The Morgan fingerprint density at radius 2 is 0.660 bits per heavy atom. The van der Waals surface area contributed by atoms with Crippen molar-refractivity contribution in [1.82, 2.24) is 0 Å². The molecule has 0 saturated heterocycles. The topological polar surface area (TPSA) is 6.48 Å². The van der Waals surface area contributed by atoms with Crippen LogP contribution in [0, 0.1) is 0 Å². The summed E-state index contributed by atoms with van der Waals surface area (Å²) in [6.07, 6.45) is 10.4. The number of allylic oxidation sites excluding steroid dienone is 2. The minimum Gasteiger partial charge on any atom is -0.309 e. The Morgan fingerprint density at radius 1 is 0.360 bits per heavy atom. The van der Waals surface area contributed by atoms with Gasteiger partial charge in [-0.05, 0) is 98.2 Å². The number of benzene rings is 7. The van der Waals surface area contributed by atoms with Gasteiger partial charge in [0.1, 0.15) is 0 Å². The van der Waals surface area contributed by atoms with Crippen LogP contribution in [0.3, 0.4) is 0 Å². The Balaban J connectivity index is 1.46. The fraction of sp³-hybridized carbons (Fsp3) is 0.125. The molecule has 0 atom stereocenters. The van der Waals surface area contributed by atoms with Gasteiger partial charge in [0.25, 0.3) is 0 Å². The van der Waals surface area contributed by atoms with Gasteiger partial charge in [-0.25, -0.2) is 0 Å². The third-order valence-electron chi connectivity index (χ3n) is 9.49. The lowest BCUT2D eigenvalue weighted by Gasteiger charge is -2.33. The fourth-order valence-electron chi connectivity index (χ4n) is 7.06. The van der Waals surface area contributed by atoms with Gasteiger partial charge in [0.05, 0.1) is 11.4 Å². The van der Waals surface area contributed by atoms with Gasteiger partial charge in [-0.2, -0.15) is 0 Å². The molecule has 0 heterocycles. The second-order valence-corrected chi connectivity index (χ2v) is 12.8. The molecular weight excluding hydrogens is 605 g/mol. The maximum atomic E-state index is 3.90. The van der Waals surface area contributed by atoms with Gasteiger partial charge in [-0.3, -0.25) is 0 Å². The first-order valence-electron chi connectivity index (χ1n) is 17.8. The van der Waals surface area contributed by atoms with E-state index in [-0.39, 0.29) is 0 Å². The summed E-state index contributed by atoms with van der Waals surface area (Å²) in [4.78, 5) is 4.87. The number of nitrogens with zero attached hydrogens (tertiary/aromatic N) is 2. The smallest absolute Gasteiger partial charge is 0.0619 e. The van der Waals surface area contributed by atoms with Gasteiger partial charge in [0, 0.05) is 44.3 Å². The maximum Gasteiger partial charge on any atom is 0.0619 e. The molecule has 0 aliphatic heterocycles. The van der Waals surface area contributed by atoms with E-state index in [9.17, 15) is 0 Å². The number of unbranched alkanes of at least 4 members (excludes halogenated alkanes) is 2. The average molecular weight is 649 g/mol. The molecule has 7 rings (SSSR count). The van der Waals surface area contributed by atoms with Crippen molar-refractivity contribution in [1.29, 1.82) is 0 Å². The van der Waals surface area contributed by atoms with Crippen molar-refractivity contribution < 1.29 is 0 Å². The van der Waals surface area contributed by atoms with Gasteiger partial charge in [0.15, 0.2) is 0 Å². The van der Waals surface area contributed by atoms with E-state index in [1.54, 1.807) is 0 Å². The molecule has 246 valence electrons. The first-order chi connectivity index (χ1) is 24.8. The monoisotopic (exact) mass is 648 g/mol. The Hall–Kier alpha value is -5.86. The molecule has 2 nitrogen and oxygen atoms in total. The van der Waals surface area contributed by atoms with Gasteiger partial charge in [-0.15, -0.1) is 13.2 Å². The van der Waals surface area contributed by atoms with Crippen LogP contribution in [0.15, 0.2) is 183 Å². The van der Waals surface area contributed by atoms with Gasteiger partial charge in [0.2, 0.25) is 0 Å². The average Bonchev–Trinajstić information content (AvgIpc) is 3.18. The summed E-state index contributed by atoms with van der Waals surface area (Å²) in [5.41, 5.74) is 9.58. The third kappa shape index (κ3) is 6.84. The second kappa shape index (κ2) is 15.6. The Labute approximate surface area is 297 Å². The number of para-hydroxylation sites is 2. The van der Waals surface area contributed by atoms with E-state index in [0.29, 0.717) is 0 Å². The number of fused-ring (bicyclic) bond motifs is 2. The van der Waals surface area contributed by atoms with Crippen LogP contribution in [0.25, 0.3) is 21.5 Å². The number of rotatable bonds is 14. The van der Waals surface area contributed by atoms with Gasteiger partial charge in [-0.1, -0.05) is 121 Å². The SMILES string of the molecule is C=CCCCc1ccc(N(c2ccccc2)c2c3ccccc3c(N(c3ccccc3)c3ccc(CCCC=C)cc3)c3ccccc23)cc1. The number of anilines is 6. The van der Waals surface area contributed by atoms with Crippen molar-refractivity contribution in [3.05, 3.63) is 194 Å². The first-order valence-corrected chi connectivity index (χ1v) is 17.8. The van der Waals surface area contributed by atoms with E-state index in [4.69, 9.17) is 0 Å². The Kier molecular flexibility index (Phi) is 10.2. The van der Waals surface area contributed by atoms with E-state index in [0.717, 1.165) is 61.3 Å². The molecule has 0 saturated carbocycles. The van der Waals surface area contributed by atoms with Crippen molar-refractivity contribution in [3.8, 4) is 0 Å². The van der Waals surface area contributed by atoms with E-state index >= 15 is 0 Å². The van der Waals surface area contributed by atoms with Crippen molar-refractivity contribution in [3.63, 3.8) is 0 Å². The highest BCUT2D eigenvalue weighted by atomic mass is 15.2. The highest BCUT2D eigenvalue weighted by Crippen LogP contribution is 2.50. The minimum atomic E-state index is 1.03. The summed E-state index contributed by atoms with van der Waals surface area (Å²) in [6, 6.07) is 57.6. The molecule has 0 unspecified atom stereocenters. The Bertz CT molecular complexity index is 1970. The predicted octanol–water partition coefficient (Wildman–Crippen LogP) is 13.9.